The van der Waals surface area contributed by atoms with Crippen LogP contribution in [0.15, 0.2) is 61.2 Å². The van der Waals surface area contributed by atoms with Crippen LogP contribution in [-0.2, 0) is 0 Å². The summed E-state index contributed by atoms with van der Waals surface area (Å²) in [4.78, 5) is 13.5. The smallest absolute Gasteiger partial charge is 0.159 e. The van der Waals surface area contributed by atoms with Gasteiger partial charge in [0.05, 0.1) is 17.9 Å². The van der Waals surface area contributed by atoms with E-state index < -0.39 is 0 Å². The number of hydrogen-bond donors (Lipinski definition) is 0. The zero-order chi connectivity index (χ0) is 18.8. The van der Waals surface area contributed by atoms with Crippen molar-refractivity contribution in [1.29, 1.82) is 0 Å². The fraction of sp³-hybridized carbons (Fsp3) is 0.190. The molecule has 0 spiro atoms. The quantitative estimate of drug-likeness (QED) is 0.552. The van der Waals surface area contributed by atoms with Gasteiger partial charge in [-0.2, -0.15) is 0 Å². The molecule has 1 atom stereocenters. The fourth-order valence-corrected chi connectivity index (χ4v) is 3.05. The number of aromatic nitrogens is 6. The van der Waals surface area contributed by atoms with E-state index in [1.807, 2.05) is 29.1 Å². The maximum absolute atomic E-state index is 4.49. The summed E-state index contributed by atoms with van der Waals surface area (Å²) in [5.41, 5.74) is 5.88. The summed E-state index contributed by atoms with van der Waals surface area (Å²) in [7, 11) is 0. The molecule has 134 valence electrons. The maximum atomic E-state index is 4.49. The van der Waals surface area contributed by atoms with Gasteiger partial charge in [0.2, 0.25) is 0 Å². The van der Waals surface area contributed by atoms with Crippen molar-refractivity contribution in [3.63, 3.8) is 0 Å². The van der Waals surface area contributed by atoms with Gasteiger partial charge in [0.1, 0.15) is 5.69 Å². The lowest BCUT2D eigenvalue weighted by molar-refractivity contribution is 0.529. The van der Waals surface area contributed by atoms with Crippen LogP contribution in [0, 0.1) is 13.8 Å². The van der Waals surface area contributed by atoms with E-state index in [0.29, 0.717) is 5.82 Å². The maximum Gasteiger partial charge on any atom is 0.159 e. The first-order chi connectivity index (χ1) is 13.1. The highest BCUT2D eigenvalue weighted by Gasteiger charge is 2.15. The minimum absolute atomic E-state index is 0.0000597. The topological polar surface area (TPSA) is 69.4 Å². The Hall–Kier alpha value is -3.41. The summed E-state index contributed by atoms with van der Waals surface area (Å²) in [6.45, 7) is 6.17. The van der Waals surface area contributed by atoms with Crippen LogP contribution in [0.5, 0.6) is 0 Å². The van der Waals surface area contributed by atoms with Gasteiger partial charge in [-0.25, -0.2) is 14.6 Å². The van der Waals surface area contributed by atoms with Crippen molar-refractivity contribution in [3.05, 3.63) is 78.0 Å². The van der Waals surface area contributed by atoms with E-state index in [0.717, 1.165) is 28.1 Å². The minimum atomic E-state index is -0.0000597. The molecule has 0 unspecified atom stereocenters. The van der Waals surface area contributed by atoms with Crippen LogP contribution in [0.2, 0.25) is 0 Å². The Balaban J connectivity index is 1.59. The van der Waals surface area contributed by atoms with Gasteiger partial charge in [-0.05, 0) is 38.5 Å². The molecule has 0 bridgehead atoms. The Kier molecular flexibility index (Phi) is 4.46. The Bertz CT molecular complexity index is 1070. The first kappa shape index (κ1) is 17.0. The molecular formula is C21H20N6. The summed E-state index contributed by atoms with van der Waals surface area (Å²) >= 11 is 0. The highest BCUT2D eigenvalue weighted by molar-refractivity contribution is 5.60. The van der Waals surface area contributed by atoms with Gasteiger partial charge in [0.15, 0.2) is 5.82 Å². The van der Waals surface area contributed by atoms with Crippen LogP contribution in [-0.4, -0.2) is 29.9 Å². The molecule has 0 aliphatic carbocycles. The van der Waals surface area contributed by atoms with Crippen LogP contribution in [0.25, 0.3) is 22.6 Å². The average molecular weight is 356 g/mol. The van der Waals surface area contributed by atoms with Gasteiger partial charge in [-0.15, -0.1) is 5.10 Å². The van der Waals surface area contributed by atoms with Gasteiger partial charge in [0.25, 0.3) is 0 Å². The summed E-state index contributed by atoms with van der Waals surface area (Å²) < 4.78 is 1.82. The number of pyridine rings is 1. The number of rotatable bonds is 4. The molecule has 4 rings (SSSR count). The Labute approximate surface area is 158 Å². The third-order valence-corrected chi connectivity index (χ3v) is 4.58. The lowest BCUT2D eigenvalue weighted by Gasteiger charge is -2.12. The van der Waals surface area contributed by atoms with Crippen LogP contribution in [0.3, 0.4) is 0 Å². The van der Waals surface area contributed by atoms with Gasteiger partial charge in [-0.3, -0.25) is 4.98 Å². The molecule has 0 saturated carbocycles. The van der Waals surface area contributed by atoms with Crippen LogP contribution in [0.1, 0.15) is 29.8 Å². The van der Waals surface area contributed by atoms with Gasteiger partial charge in [-0.1, -0.05) is 35.0 Å². The third-order valence-electron chi connectivity index (χ3n) is 4.58. The second-order valence-electron chi connectivity index (χ2n) is 6.63. The van der Waals surface area contributed by atoms with Crippen LogP contribution < -0.4 is 0 Å². The number of nitrogens with zero attached hydrogens (tertiary/aromatic N) is 6. The molecule has 3 heterocycles. The van der Waals surface area contributed by atoms with Crippen molar-refractivity contribution < 1.29 is 0 Å². The van der Waals surface area contributed by atoms with Crippen molar-refractivity contribution in [2.45, 2.75) is 26.8 Å². The highest BCUT2D eigenvalue weighted by atomic mass is 15.4. The second-order valence-corrected chi connectivity index (χ2v) is 6.63. The summed E-state index contributed by atoms with van der Waals surface area (Å²) in [5, 5.41) is 8.56. The molecule has 0 N–H and O–H groups in total. The molecule has 6 heteroatoms. The SMILES string of the molecule is Cc1cccc(-c2ncc(-c3cn([C@@H](C)c4ncccc4C)nn3)cn2)c1. The normalized spacial score (nSPS) is 12.1. The second kappa shape index (κ2) is 7.07. The largest absolute Gasteiger partial charge is 0.259 e. The van der Waals surface area contributed by atoms with Crippen LogP contribution >= 0.6 is 0 Å². The van der Waals surface area contributed by atoms with Crippen molar-refractivity contribution in [2.75, 3.05) is 0 Å². The van der Waals surface area contributed by atoms with E-state index >= 15 is 0 Å². The predicted molar refractivity (Wildman–Crippen MR) is 104 cm³/mol. The van der Waals surface area contributed by atoms with E-state index in [1.54, 1.807) is 18.6 Å². The molecule has 1 aromatic carbocycles. The summed E-state index contributed by atoms with van der Waals surface area (Å²) in [6, 6.07) is 12.1. The number of hydrogen-bond acceptors (Lipinski definition) is 5. The lowest BCUT2D eigenvalue weighted by Crippen LogP contribution is -2.10. The monoisotopic (exact) mass is 356 g/mol. The van der Waals surface area contributed by atoms with Crippen molar-refractivity contribution >= 4 is 0 Å². The molecule has 27 heavy (non-hydrogen) atoms. The van der Waals surface area contributed by atoms with E-state index in [1.165, 1.54) is 5.56 Å². The zero-order valence-electron chi connectivity index (χ0n) is 15.5. The van der Waals surface area contributed by atoms with Crippen molar-refractivity contribution in [2.24, 2.45) is 0 Å². The van der Waals surface area contributed by atoms with Crippen molar-refractivity contribution in [3.8, 4) is 22.6 Å². The minimum Gasteiger partial charge on any atom is -0.259 e. The van der Waals surface area contributed by atoms with Gasteiger partial charge < -0.3 is 0 Å². The zero-order valence-corrected chi connectivity index (χ0v) is 15.5. The highest BCUT2D eigenvalue weighted by Crippen LogP contribution is 2.22. The molecule has 3 aromatic heterocycles. The third kappa shape index (κ3) is 3.46. The molecule has 0 radical (unpaired) electrons. The Morgan fingerprint density at radius 2 is 1.74 bits per heavy atom. The Morgan fingerprint density at radius 1 is 0.926 bits per heavy atom. The molecule has 0 aliphatic rings. The molecule has 0 fully saturated rings. The Morgan fingerprint density at radius 3 is 2.48 bits per heavy atom. The number of aryl methyl sites for hydroxylation is 2. The molecule has 0 saturated heterocycles. The first-order valence-electron chi connectivity index (χ1n) is 8.84. The van der Waals surface area contributed by atoms with Crippen LogP contribution in [0.4, 0.5) is 0 Å². The summed E-state index contributed by atoms with van der Waals surface area (Å²) in [6.07, 6.45) is 7.28. The molecular weight excluding hydrogens is 336 g/mol. The standard InChI is InChI=1S/C21H20N6/c1-14-6-4-8-17(10-14)21-23-11-18(12-24-21)19-13-27(26-25-19)16(3)20-15(2)7-5-9-22-20/h4-13,16H,1-3H3/t16-/m0/s1. The predicted octanol–water partition coefficient (Wildman–Crippen LogP) is 4.02. The van der Waals surface area contributed by atoms with E-state index in [4.69, 9.17) is 0 Å². The van der Waals surface area contributed by atoms with Gasteiger partial charge in [0, 0.05) is 29.7 Å². The summed E-state index contributed by atoms with van der Waals surface area (Å²) in [5.74, 6) is 0.701. The van der Waals surface area contributed by atoms with E-state index in [2.05, 4.69) is 64.2 Å². The molecule has 6 nitrogen and oxygen atoms in total. The van der Waals surface area contributed by atoms with E-state index in [-0.39, 0.29) is 6.04 Å². The van der Waals surface area contributed by atoms with E-state index in [9.17, 15) is 0 Å². The molecule has 0 aliphatic heterocycles. The van der Waals surface area contributed by atoms with Crippen molar-refractivity contribution in [1.82, 2.24) is 29.9 Å². The average Bonchev–Trinajstić information content (AvgIpc) is 3.18. The first-order valence-corrected chi connectivity index (χ1v) is 8.84. The molecule has 0 amide bonds. The van der Waals surface area contributed by atoms with Gasteiger partial charge >= 0.3 is 0 Å². The number of benzene rings is 1. The lowest BCUT2D eigenvalue weighted by atomic mass is 10.1. The fourth-order valence-electron chi connectivity index (χ4n) is 3.05. The molecule has 4 aromatic rings.